The van der Waals surface area contributed by atoms with Gasteiger partial charge in [-0.25, -0.2) is 4.68 Å². The lowest BCUT2D eigenvalue weighted by atomic mass is 10.1. The van der Waals surface area contributed by atoms with Gasteiger partial charge in [-0.05, 0) is 50.6 Å². The van der Waals surface area contributed by atoms with E-state index in [2.05, 4.69) is 15.5 Å². The summed E-state index contributed by atoms with van der Waals surface area (Å²) in [6.45, 7) is 4.99. The zero-order chi connectivity index (χ0) is 22.9. The fourth-order valence-corrected chi connectivity index (χ4v) is 3.48. The highest BCUT2D eigenvalue weighted by Gasteiger charge is 2.34. The average molecular weight is 452 g/mol. The van der Waals surface area contributed by atoms with Crippen molar-refractivity contribution in [2.45, 2.75) is 33.5 Å². The van der Waals surface area contributed by atoms with Crippen molar-refractivity contribution in [2.75, 3.05) is 0 Å². The van der Waals surface area contributed by atoms with Gasteiger partial charge in [0.15, 0.2) is 0 Å². The molecule has 6 nitrogen and oxygen atoms in total. The fraction of sp³-hybridized carbons (Fsp3) is 0.286. The van der Waals surface area contributed by atoms with Crippen molar-refractivity contribution in [3.63, 3.8) is 0 Å². The van der Waals surface area contributed by atoms with Gasteiger partial charge < -0.3 is 5.32 Å². The Bertz CT molecular complexity index is 1160. The van der Waals surface area contributed by atoms with Crippen LogP contribution in [0.4, 0.5) is 13.2 Å². The molecular weight excluding hydrogens is 431 g/mol. The molecule has 0 fully saturated rings. The summed E-state index contributed by atoms with van der Waals surface area (Å²) in [7, 11) is 1.67. The minimum atomic E-state index is -4.58. The van der Waals surface area contributed by atoms with Crippen LogP contribution in [-0.4, -0.2) is 25.5 Å². The first-order valence-corrected chi connectivity index (χ1v) is 9.74. The molecule has 0 aliphatic rings. The topological polar surface area (TPSA) is 64.7 Å². The number of hydrogen-bond donors (Lipinski definition) is 1. The zero-order valence-electron chi connectivity index (χ0n) is 17.4. The van der Waals surface area contributed by atoms with E-state index in [1.165, 1.54) is 27.6 Å². The maximum atomic E-state index is 13.7. The molecule has 1 aromatic carbocycles. The monoisotopic (exact) mass is 451 g/mol. The lowest BCUT2D eigenvalue weighted by molar-refractivity contribution is -0.138. The number of benzene rings is 1. The number of alkyl halides is 3. The SMILES string of the molecule is Cc1cc(C)n(-c2ccc(CNC(=O)/C=C/c3c(C)nn(C)c3Cl)c(C(F)(F)F)c2)n1. The van der Waals surface area contributed by atoms with Crippen LogP contribution in [0.1, 0.15) is 33.8 Å². The van der Waals surface area contributed by atoms with E-state index in [-0.39, 0.29) is 12.1 Å². The quantitative estimate of drug-likeness (QED) is 0.579. The first-order chi connectivity index (χ1) is 14.5. The lowest BCUT2D eigenvalue weighted by Gasteiger charge is -2.15. The molecule has 3 aromatic rings. The molecular formula is C21H21ClF3N5O. The maximum absolute atomic E-state index is 13.7. The molecule has 0 atom stereocenters. The van der Waals surface area contributed by atoms with Gasteiger partial charge in [0.25, 0.3) is 0 Å². The highest BCUT2D eigenvalue weighted by molar-refractivity contribution is 6.31. The van der Waals surface area contributed by atoms with Gasteiger partial charge in [0, 0.05) is 30.9 Å². The Kier molecular flexibility index (Phi) is 6.26. The summed E-state index contributed by atoms with van der Waals surface area (Å²) in [6.07, 6.45) is -1.88. The van der Waals surface area contributed by atoms with Gasteiger partial charge in [0.05, 0.1) is 22.6 Å². The van der Waals surface area contributed by atoms with Crippen LogP contribution >= 0.6 is 11.6 Å². The third-order valence-electron chi connectivity index (χ3n) is 4.70. The van der Waals surface area contributed by atoms with Gasteiger partial charge in [0.2, 0.25) is 5.91 Å². The molecule has 0 aliphatic heterocycles. The average Bonchev–Trinajstić information content (AvgIpc) is 3.14. The Morgan fingerprint density at radius 3 is 2.45 bits per heavy atom. The molecule has 0 spiro atoms. The molecule has 0 radical (unpaired) electrons. The zero-order valence-corrected chi connectivity index (χ0v) is 18.1. The van der Waals surface area contributed by atoms with Gasteiger partial charge in [-0.2, -0.15) is 23.4 Å². The summed E-state index contributed by atoms with van der Waals surface area (Å²) in [4.78, 5) is 12.2. The van der Waals surface area contributed by atoms with E-state index in [1.807, 2.05) is 0 Å². The number of nitrogens with one attached hydrogen (secondary N) is 1. The van der Waals surface area contributed by atoms with Gasteiger partial charge in [-0.1, -0.05) is 17.7 Å². The molecule has 1 amide bonds. The number of hydrogen-bond acceptors (Lipinski definition) is 3. The van der Waals surface area contributed by atoms with Crippen LogP contribution in [-0.2, 0) is 24.6 Å². The molecule has 1 N–H and O–H groups in total. The number of nitrogens with zero attached hydrogens (tertiary/aromatic N) is 4. The predicted molar refractivity (Wildman–Crippen MR) is 112 cm³/mol. The molecule has 0 bridgehead atoms. The number of carbonyl (C=O) groups excluding carboxylic acids is 1. The van der Waals surface area contributed by atoms with Crippen LogP contribution in [0.25, 0.3) is 11.8 Å². The number of aryl methyl sites for hydroxylation is 4. The minimum Gasteiger partial charge on any atom is -0.348 e. The van der Waals surface area contributed by atoms with E-state index in [0.29, 0.717) is 27.8 Å². The standard InChI is InChI=1S/C21H21ClF3N5O/c1-12-9-13(2)30(27-12)16-6-5-15(18(10-16)21(23,24)25)11-26-19(31)8-7-17-14(3)28-29(4)20(17)22/h5-10H,11H2,1-4H3,(H,26,31)/b8-7+. The van der Waals surface area contributed by atoms with E-state index < -0.39 is 17.6 Å². The van der Waals surface area contributed by atoms with Crippen molar-refractivity contribution < 1.29 is 18.0 Å². The van der Waals surface area contributed by atoms with Gasteiger partial charge in [0.1, 0.15) is 5.15 Å². The summed E-state index contributed by atoms with van der Waals surface area (Å²) in [5.74, 6) is -0.546. The van der Waals surface area contributed by atoms with Crippen molar-refractivity contribution in [1.82, 2.24) is 24.9 Å². The van der Waals surface area contributed by atoms with Crippen LogP contribution in [0.2, 0.25) is 5.15 Å². The van der Waals surface area contributed by atoms with Crippen LogP contribution < -0.4 is 5.32 Å². The first kappa shape index (κ1) is 22.6. The second-order valence-corrected chi connectivity index (χ2v) is 7.50. The number of halogens is 4. The fourth-order valence-electron chi connectivity index (χ4n) is 3.24. The van der Waals surface area contributed by atoms with Gasteiger partial charge >= 0.3 is 6.18 Å². The smallest absolute Gasteiger partial charge is 0.348 e. The van der Waals surface area contributed by atoms with E-state index in [4.69, 9.17) is 11.6 Å². The molecule has 2 heterocycles. The number of amides is 1. The number of rotatable bonds is 5. The van der Waals surface area contributed by atoms with E-state index in [9.17, 15) is 18.0 Å². The van der Waals surface area contributed by atoms with E-state index >= 15 is 0 Å². The Morgan fingerprint density at radius 2 is 1.90 bits per heavy atom. The summed E-state index contributed by atoms with van der Waals surface area (Å²) < 4.78 is 43.9. The predicted octanol–water partition coefficient (Wildman–Crippen LogP) is 4.53. The number of aromatic nitrogens is 4. The maximum Gasteiger partial charge on any atom is 0.416 e. The molecule has 164 valence electrons. The molecule has 0 saturated carbocycles. The number of carbonyl (C=O) groups is 1. The molecule has 0 aliphatic carbocycles. The Hall–Kier alpha value is -3.07. The summed E-state index contributed by atoms with van der Waals surface area (Å²) in [5, 5.41) is 11.2. The summed E-state index contributed by atoms with van der Waals surface area (Å²) in [5.41, 5.74) is 2.07. The molecule has 10 heteroatoms. The third-order valence-corrected chi connectivity index (χ3v) is 5.15. The van der Waals surface area contributed by atoms with Crippen molar-refractivity contribution >= 4 is 23.6 Å². The highest BCUT2D eigenvalue weighted by atomic mass is 35.5. The van der Waals surface area contributed by atoms with Gasteiger partial charge in [-0.3, -0.25) is 9.48 Å². The largest absolute Gasteiger partial charge is 0.416 e. The highest BCUT2D eigenvalue weighted by Crippen LogP contribution is 2.33. The molecule has 0 saturated heterocycles. The van der Waals surface area contributed by atoms with Crippen LogP contribution in [0.5, 0.6) is 0 Å². The van der Waals surface area contributed by atoms with Crippen molar-refractivity contribution in [1.29, 1.82) is 0 Å². The Morgan fingerprint density at radius 1 is 1.19 bits per heavy atom. The Balaban J connectivity index is 1.80. The third kappa shape index (κ3) is 4.99. The van der Waals surface area contributed by atoms with E-state index in [0.717, 1.165) is 11.8 Å². The minimum absolute atomic E-state index is 0.0462. The van der Waals surface area contributed by atoms with Crippen molar-refractivity contribution in [3.8, 4) is 5.69 Å². The van der Waals surface area contributed by atoms with Crippen molar-refractivity contribution in [2.24, 2.45) is 7.05 Å². The van der Waals surface area contributed by atoms with Crippen LogP contribution in [0, 0.1) is 20.8 Å². The van der Waals surface area contributed by atoms with Crippen LogP contribution in [0.15, 0.2) is 30.3 Å². The Labute approximate surface area is 182 Å². The molecule has 2 aromatic heterocycles. The van der Waals surface area contributed by atoms with Crippen molar-refractivity contribution in [3.05, 3.63) is 69.3 Å². The normalized spacial score (nSPS) is 12.0. The molecule has 3 rings (SSSR count). The second-order valence-electron chi connectivity index (χ2n) is 7.14. The van der Waals surface area contributed by atoms with Crippen LogP contribution in [0.3, 0.4) is 0 Å². The van der Waals surface area contributed by atoms with Gasteiger partial charge in [-0.15, -0.1) is 0 Å². The lowest BCUT2D eigenvalue weighted by Crippen LogP contribution is -2.23. The molecule has 0 unspecified atom stereocenters. The summed E-state index contributed by atoms with van der Waals surface area (Å²) >= 11 is 6.10. The van der Waals surface area contributed by atoms with E-state index in [1.54, 1.807) is 40.0 Å². The second kappa shape index (κ2) is 8.58. The summed E-state index contributed by atoms with van der Waals surface area (Å²) in [6, 6.07) is 5.71. The molecule has 31 heavy (non-hydrogen) atoms. The first-order valence-electron chi connectivity index (χ1n) is 9.36.